The van der Waals surface area contributed by atoms with E-state index in [1.165, 1.54) is 39.2 Å². The van der Waals surface area contributed by atoms with Gasteiger partial charge in [0.1, 0.15) is 5.75 Å². The van der Waals surface area contributed by atoms with Crippen molar-refractivity contribution >= 4 is 28.9 Å². The van der Waals surface area contributed by atoms with Gasteiger partial charge in [0, 0.05) is 18.3 Å². The van der Waals surface area contributed by atoms with Crippen LogP contribution < -0.4 is 20.1 Å². The molecule has 0 spiro atoms. The number of hydrogen-bond donors (Lipinski definition) is 2. The quantitative estimate of drug-likeness (QED) is 0.569. The van der Waals surface area contributed by atoms with E-state index < -0.39 is 16.9 Å². The number of nitrogens with one attached hydrogen (secondary N) is 2. The van der Waals surface area contributed by atoms with Crippen LogP contribution in [0.15, 0.2) is 42.5 Å². The van der Waals surface area contributed by atoms with E-state index in [4.69, 9.17) is 9.47 Å². The molecule has 0 aliphatic heterocycles. The number of anilines is 2. The van der Waals surface area contributed by atoms with Gasteiger partial charge in [-0.3, -0.25) is 19.7 Å². The summed E-state index contributed by atoms with van der Waals surface area (Å²) in [7, 11) is 1.40. The smallest absolute Gasteiger partial charge is 0.314 e. The fourth-order valence-corrected chi connectivity index (χ4v) is 2.19. The first-order chi connectivity index (χ1) is 12.8. The van der Waals surface area contributed by atoms with Crippen molar-refractivity contribution in [1.82, 2.24) is 0 Å². The minimum absolute atomic E-state index is 0.0375. The highest BCUT2D eigenvalue weighted by Crippen LogP contribution is 2.31. The zero-order valence-electron chi connectivity index (χ0n) is 15.0. The summed E-state index contributed by atoms with van der Waals surface area (Å²) in [5.41, 5.74) is 0.793. The number of nitrogens with zero attached hydrogens (tertiary/aromatic N) is 1. The van der Waals surface area contributed by atoms with E-state index in [2.05, 4.69) is 10.6 Å². The number of nitro groups is 1. The summed E-state index contributed by atoms with van der Waals surface area (Å²) in [4.78, 5) is 33.9. The van der Waals surface area contributed by atoms with Crippen LogP contribution in [-0.4, -0.2) is 30.0 Å². The third-order valence-corrected chi connectivity index (χ3v) is 3.51. The summed E-state index contributed by atoms with van der Waals surface area (Å²) in [6, 6.07) is 10.6. The summed E-state index contributed by atoms with van der Waals surface area (Å²) < 4.78 is 10.4. The number of nitro benzene ring substituents is 1. The topological polar surface area (TPSA) is 120 Å². The highest BCUT2D eigenvalue weighted by atomic mass is 16.6. The normalized spacial score (nSPS) is 11.2. The lowest BCUT2D eigenvalue weighted by molar-refractivity contribution is -0.386. The molecule has 2 rings (SSSR count). The maximum absolute atomic E-state index is 12.3. The Hall–Kier alpha value is -3.62. The van der Waals surface area contributed by atoms with E-state index in [0.717, 1.165) is 0 Å². The molecule has 0 bridgehead atoms. The van der Waals surface area contributed by atoms with E-state index in [0.29, 0.717) is 17.1 Å². The first kappa shape index (κ1) is 19.7. The summed E-state index contributed by atoms with van der Waals surface area (Å²) in [6.45, 7) is 2.88. The van der Waals surface area contributed by atoms with E-state index in [1.807, 2.05) is 0 Å². The van der Waals surface area contributed by atoms with Crippen LogP contribution >= 0.6 is 0 Å². The predicted octanol–water partition coefficient (Wildman–Crippen LogP) is 2.97. The van der Waals surface area contributed by atoms with Crippen molar-refractivity contribution in [3.63, 3.8) is 0 Å². The average molecular weight is 373 g/mol. The highest BCUT2D eigenvalue weighted by molar-refractivity contribution is 5.94. The van der Waals surface area contributed by atoms with E-state index >= 15 is 0 Å². The molecule has 2 aromatic rings. The van der Waals surface area contributed by atoms with Crippen LogP contribution in [0.25, 0.3) is 0 Å². The van der Waals surface area contributed by atoms with Crippen molar-refractivity contribution in [1.29, 1.82) is 0 Å². The molecule has 0 radical (unpaired) electrons. The maximum Gasteiger partial charge on any atom is 0.314 e. The van der Waals surface area contributed by atoms with Gasteiger partial charge in [0.2, 0.25) is 5.91 Å². The molecule has 0 aliphatic rings. The second-order valence-electron chi connectivity index (χ2n) is 5.60. The standard InChI is InChI=1S/C18H19N3O6/c1-11(27-17-9-8-15(26-3)10-16(17)21(24)25)18(23)20-14-6-4-13(5-7-14)19-12(2)22/h4-11H,1-3H3,(H,19,22)(H,20,23). The van der Waals surface area contributed by atoms with Crippen LogP contribution in [0, 0.1) is 10.1 Å². The molecule has 142 valence electrons. The van der Waals surface area contributed by atoms with Crippen LogP contribution in [0.2, 0.25) is 0 Å². The summed E-state index contributed by atoms with van der Waals surface area (Å²) in [5.74, 6) is -0.405. The summed E-state index contributed by atoms with van der Waals surface area (Å²) in [6.07, 6.45) is -0.980. The molecular weight excluding hydrogens is 354 g/mol. The lowest BCUT2D eigenvalue weighted by Crippen LogP contribution is -2.30. The van der Waals surface area contributed by atoms with Crippen LogP contribution in [-0.2, 0) is 9.59 Å². The fraction of sp³-hybridized carbons (Fsp3) is 0.222. The van der Waals surface area contributed by atoms with Gasteiger partial charge in [-0.15, -0.1) is 0 Å². The summed E-state index contributed by atoms with van der Waals surface area (Å²) >= 11 is 0. The third-order valence-electron chi connectivity index (χ3n) is 3.51. The second kappa shape index (κ2) is 8.65. The van der Waals surface area contributed by atoms with Crippen LogP contribution in [0.5, 0.6) is 11.5 Å². The third kappa shape index (κ3) is 5.43. The number of carbonyl (C=O) groups excluding carboxylic acids is 2. The minimum atomic E-state index is -0.980. The van der Waals surface area contributed by atoms with Gasteiger partial charge in [-0.1, -0.05) is 0 Å². The molecule has 0 aromatic heterocycles. The van der Waals surface area contributed by atoms with Crippen molar-refractivity contribution in [3.8, 4) is 11.5 Å². The lowest BCUT2D eigenvalue weighted by atomic mass is 10.2. The van der Waals surface area contributed by atoms with Gasteiger partial charge in [-0.2, -0.15) is 0 Å². The zero-order valence-corrected chi connectivity index (χ0v) is 15.0. The van der Waals surface area contributed by atoms with Gasteiger partial charge >= 0.3 is 5.69 Å². The van der Waals surface area contributed by atoms with E-state index in [9.17, 15) is 19.7 Å². The van der Waals surface area contributed by atoms with Gasteiger partial charge < -0.3 is 20.1 Å². The molecule has 27 heavy (non-hydrogen) atoms. The van der Waals surface area contributed by atoms with Crippen LogP contribution in [0.1, 0.15) is 13.8 Å². The molecule has 1 unspecified atom stereocenters. The number of rotatable bonds is 7. The molecule has 0 heterocycles. The zero-order chi connectivity index (χ0) is 20.0. The molecular formula is C18H19N3O6. The van der Waals surface area contributed by atoms with Gasteiger partial charge in [0.15, 0.2) is 11.9 Å². The van der Waals surface area contributed by atoms with Gasteiger partial charge in [0.25, 0.3) is 5.91 Å². The lowest BCUT2D eigenvalue weighted by Gasteiger charge is -2.15. The average Bonchev–Trinajstić information content (AvgIpc) is 2.63. The SMILES string of the molecule is COc1ccc(OC(C)C(=O)Nc2ccc(NC(C)=O)cc2)c([N+](=O)[O-])c1. The Labute approximate surface area is 155 Å². The highest BCUT2D eigenvalue weighted by Gasteiger charge is 2.22. The Balaban J connectivity index is 2.05. The molecule has 0 saturated carbocycles. The second-order valence-corrected chi connectivity index (χ2v) is 5.60. The molecule has 9 nitrogen and oxygen atoms in total. The Morgan fingerprint density at radius 3 is 2.19 bits per heavy atom. The number of carbonyl (C=O) groups is 2. The monoisotopic (exact) mass is 373 g/mol. The van der Waals surface area contributed by atoms with Crippen molar-refractivity contribution in [2.75, 3.05) is 17.7 Å². The number of methoxy groups -OCH3 is 1. The summed E-state index contributed by atoms with van der Waals surface area (Å²) in [5, 5.41) is 16.4. The molecule has 0 fully saturated rings. The van der Waals surface area contributed by atoms with E-state index in [1.54, 1.807) is 24.3 Å². The van der Waals surface area contributed by atoms with Crippen LogP contribution in [0.4, 0.5) is 17.1 Å². The van der Waals surface area contributed by atoms with Gasteiger partial charge in [-0.05, 0) is 43.3 Å². The largest absolute Gasteiger partial charge is 0.496 e. The molecule has 2 aromatic carbocycles. The van der Waals surface area contributed by atoms with Crippen LogP contribution in [0.3, 0.4) is 0 Å². The molecule has 2 amide bonds. The number of amides is 2. The van der Waals surface area contributed by atoms with Crippen molar-refractivity contribution in [2.45, 2.75) is 20.0 Å². The number of hydrogen-bond acceptors (Lipinski definition) is 6. The molecule has 9 heteroatoms. The van der Waals surface area contributed by atoms with Gasteiger partial charge in [0.05, 0.1) is 18.1 Å². The van der Waals surface area contributed by atoms with Crippen molar-refractivity contribution in [3.05, 3.63) is 52.6 Å². The Kier molecular flexibility index (Phi) is 6.32. The minimum Gasteiger partial charge on any atom is -0.496 e. The molecule has 2 N–H and O–H groups in total. The molecule has 0 aliphatic carbocycles. The predicted molar refractivity (Wildman–Crippen MR) is 99.1 cm³/mol. The Bertz CT molecular complexity index is 851. The maximum atomic E-state index is 12.3. The Morgan fingerprint density at radius 1 is 1.07 bits per heavy atom. The first-order valence-corrected chi connectivity index (χ1v) is 7.97. The van der Waals surface area contributed by atoms with Gasteiger partial charge in [-0.25, -0.2) is 0 Å². The number of ether oxygens (including phenoxy) is 2. The number of benzene rings is 2. The molecule has 1 atom stereocenters. The molecule has 0 saturated heterocycles. The van der Waals surface area contributed by atoms with E-state index in [-0.39, 0.29) is 17.3 Å². The first-order valence-electron chi connectivity index (χ1n) is 7.97. The Morgan fingerprint density at radius 2 is 1.67 bits per heavy atom. The van der Waals surface area contributed by atoms with Crippen molar-refractivity contribution < 1.29 is 24.0 Å². The van der Waals surface area contributed by atoms with Crippen molar-refractivity contribution in [2.24, 2.45) is 0 Å². The fourth-order valence-electron chi connectivity index (χ4n) is 2.19.